The quantitative estimate of drug-likeness (QED) is 0.704. The van der Waals surface area contributed by atoms with Gasteiger partial charge >= 0.3 is 5.97 Å². The van der Waals surface area contributed by atoms with Gasteiger partial charge in [0.1, 0.15) is 5.84 Å². The van der Waals surface area contributed by atoms with Crippen LogP contribution in [-0.2, 0) is 4.79 Å². The Morgan fingerprint density at radius 1 is 1.53 bits per heavy atom. The van der Waals surface area contributed by atoms with Crippen LogP contribution in [0.3, 0.4) is 0 Å². The standard InChI is InChI=1S/C11H8BrIN2O2/c12-6-3-8(13)7-1-5(11(16)17)2-10(14)15-9(7)4-6/h1,3-4H,2H2,(H2,14,15)(H,16,17). The summed E-state index contributed by atoms with van der Waals surface area (Å²) in [5.74, 6) is -0.652. The van der Waals surface area contributed by atoms with Gasteiger partial charge in [0.05, 0.1) is 5.69 Å². The molecule has 0 saturated heterocycles. The van der Waals surface area contributed by atoms with Crippen molar-refractivity contribution in [2.24, 2.45) is 10.7 Å². The fourth-order valence-corrected chi connectivity index (χ4v) is 3.20. The highest BCUT2D eigenvalue weighted by atomic mass is 127. The SMILES string of the molecule is NC1=Nc2cc(Br)cc(I)c2C=C(C(=O)O)C1. The van der Waals surface area contributed by atoms with E-state index in [1.165, 1.54) is 0 Å². The van der Waals surface area contributed by atoms with Gasteiger partial charge in [-0.3, -0.25) is 0 Å². The Bertz CT molecular complexity index is 567. The third-order valence-electron chi connectivity index (χ3n) is 2.30. The molecule has 0 amide bonds. The van der Waals surface area contributed by atoms with Gasteiger partial charge in [0.15, 0.2) is 0 Å². The van der Waals surface area contributed by atoms with Crippen LogP contribution in [-0.4, -0.2) is 16.9 Å². The molecule has 1 aromatic carbocycles. The van der Waals surface area contributed by atoms with E-state index in [4.69, 9.17) is 10.8 Å². The topological polar surface area (TPSA) is 75.7 Å². The molecule has 17 heavy (non-hydrogen) atoms. The van der Waals surface area contributed by atoms with E-state index in [-0.39, 0.29) is 12.0 Å². The van der Waals surface area contributed by atoms with E-state index in [2.05, 4.69) is 43.5 Å². The molecule has 0 saturated carbocycles. The minimum atomic E-state index is -0.963. The summed E-state index contributed by atoms with van der Waals surface area (Å²) in [5.41, 5.74) is 7.45. The minimum Gasteiger partial charge on any atom is -0.478 e. The van der Waals surface area contributed by atoms with Crippen LogP contribution < -0.4 is 5.73 Å². The van der Waals surface area contributed by atoms with Crippen molar-refractivity contribution >= 4 is 62.1 Å². The maximum absolute atomic E-state index is 11.1. The Morgan fingerprint density at radius 2 is 2.24 bits per heavy atom. The van der Waals surface area contributed by atoms with Crippen LogP contribution in [0.5, 0.6) is 0 Å². The van der Waals surface area contributed by atoms with E-state index in [0.717, 1.165) is 13.6 Å². The number of benzene rings is 1. The number of hydrogen-bond donors (Lipinski definition) is 2. The lowest BCUT2D eigenvalue weighted by atomic mass is 10.1. The zero-order valence-corrected chi connectivity index (χ0v) is 12.3. The molecule has 0 radical (unpaired) electrons. The van der Waals surface area contributed by atoms with Gasteiger partial charge in [0.25, 0.3) is 0 Å². The summed E-state index contributed by atoms with van der Waals surface area (Å²) in [4.78, 5) is 15.3. The highest BCUT2D eigenvalue weighted by Gasteiger charge is 2.17. The summed E-state index contributed by atoms with van der Waals surface area (Å²) >= 11 is 5.53. The van der Waals surface area contributed by atoms with Gasteiger partial charge in [-0.25, -0.2) is 9.79 Å². The molecule has 1 aromatic rings. The third-order valence-corrected chi connectivity index (χ3v) is 3.65. The molecule has 2 rings (SSSR count). The van der Waals surface area contributed by atoms with Crippen molar-refractivity contribution in [2.45, 2.75) is 6.42 Å². The van der Waals surface area contributed by atoms with E-state index in [9.17, 15) is 4.79 Å². The molecular weight excluding hydrogens is 399 g/mol. The van der Waals surface area contributed by atoms with Crippen LogP contribution >= 0.6 is 38.5 Å². The van der Waals surface area contributed by atoms with Crippen molar-refractivity contribution in [3.8, 4) is 0 Å². The number of fused-ring (bicyclic) bond motifs is 1. The van der Waals surface area contributed by atoms with Gasteiger partial charge in [-0.2, -0.15) is 0 Å². The van der Waals surface area contributed by atoms with Crippen LogP contribution in [0.2, 0.25) is 0 Å². The van der Waals surface area contributed by atoms with Crippen LogP contribution in [0, 0.1) is 3.57 Å². The van der Waals surface area contributed by atoms with E-state index in [0.29, 0.717) is 11.5 Å². The lowest BCUT2D eigenvalue weighted by molar-refractivity contribution is -0.132. The first-order valence-electron chi connectivity index (χ1n) is 4.73. The molecule has 4 nitrogen and oxygen atoms in total. The number of nitrogens with two attached hydrogens (primary N) is 1. The van der Waals surface area contributed by atoms with Crippen molar-refractivity contribution < 1.29 is 9.90 Å². The fraction of sp³-hybridized carbons (Fsp3) is 0.0909. The second-order valence-corrected chi connectivity index (χ2v) is 5.65. The maximum atomic E-state index is 11.1. The van der Waals surface area contributed by atoms with Gasteiger partial charge in [0.2, 0.25) is 0 Å². The number of hydrogen-bond acceptors (Lipinski definition) is 3. The molecule has 1 aliphatic heterocycles. The first-order valence-corrected chi connectivity index (χ1v) is 6.60. The average molecular weight is 407 g/mol. The maximum Gasteiger partial charge on any atom is 0.332 e. The lowest BCUT2D eigenvalue weighted by Crippen LogP contribution is -2.14. The third kappa shape index (κ3) is 2.68. The number of rotatable bonds is 1. The molecule has 0 spiro atoms. The second kappa shape index (κ2) is 4.77. The molecule has 0 unspecified atom stereocenters. The fourth-order valence-electron chi connectivity index (χ4n) is 1.56. The Kier molecular flexibility index (Phi) is 3.53. The van der Waals surface area contributed by atoms with E-state index >= 15 is 0 Å². The van der Waals surface area contributed by atoms with Gasteiger partial charge in [-0.15, -0.1) is 0 Å². The molecular formula is C11H8BrIN2O2. The molecule has 0 fully saturated rings. The first-order chi connectivity index (χ1) is 7.97. The van der Waals surface area contributed by atoms with Crippen molar-refractivity contribution in [3.05, 3.63) is 31.3 Å². The molecule has 6 heteroatoms. The Hall–Kier alpha value is -0.890. The predicted octanol–water partition coefficient (Wildman–Crippen LogP) is 2.91. The van der Waals surface area contributed by atoms with Crippen molar-refractivity contribution in [1.82, 2.24) is 0 Å². The highest BCUT2D eigenvalue weighted by Crippen LogP contribution is 2.33. The second-order valence-electron chi connectivity index (χ2n) is 3.58. The highest BCUT2D eigenvalue weighted by molar-refractivity contribution is 14.1. The zero-order valence-electron chi connectivity index (χ0n) is 8.58. The van der Waals surface area contributed by atoms with E-state index in [1.54, 1.807) is 6.08 Å². The van der Waals surface area contributed by atoms with Crippen LogP contribution in [0.25, 0.3) is 6.08 Å². The Morgan fingerprint density at radius 3 is 2.88 bits per heavy atom. The normalized spacial score (nSPS) is 14.5. The number of amidine groups is 1. The Labute approximate surface area is 120 Å². The van der Waals surface area contributed by atoms with Crippen molar-refractivity contribution in [2.75, 3.05) is 0 Å². The van der Waals surface area contributed by atoms with Gasteiger partial charge in [0, 0.05) is 25.6 Å². The zero-order chi connectivity index (χ0) is 12.6. The largest absolute Gasteiger partial charge is 0.478 e. The summed E-state index contributed by atoms with van der Waals surface area (Å²) in [5, 5.41) is 9.06. The molecule has 88 valence electrons. The molecule has 1 aliphatic rings. The summed E-state index contributed by atoms with van der Waals surface area (Å²) in [6.07, 6.45) is 1.80. The summed E-state index contributed by atoms with van der Waals surface area (Å²) in [6.45, 7) is 0. The van der Waals surface area contributed by atoms with Crippen molar-refractivity contribution in [3.63, 3.8) is 0 Å². The minimum absolute atomic E-state index is 0.164. The molecule has 0 aliphatic carbocycles. The molecule has 0 aromatic heterocycles. The van der Waals surface area contributed by atoms with E-state index in [1.807, 2.05) is 12.1 Å². The first kappa shape index (κ1) is 12.6. The summed E-state index contributed by atoms with van der Waals surface area (Å²) in [7, 11) is 0. The molecule has 1 heterocycles. The van der Waals surface area contributed by atoms with Crippen LogP contribution in [0.4, 0.5) is 5.69 Å². The number of carboxylic acids is 1. The monoisotopic (exact) mass is 406 g/mol. The predicted molar refractivity (Wildman–Crippen MR) is 78.4 cm³/mol. The van der Waals surface area contributed by atoms with Gasteiger partial charge in [-0.1, -0.05) is 15.9 Å². The molecule has 0 atom stereocenters. The summed E-state index contributed by atoms with van der Waals surface area (Å²) in [6, 6.07) is 3.73. The lowest BCUT2D eigenvalue weighted by Gasteiger charge is -2.04. The number of aliphatic carboxylic acids is 1. The smallest absolute Gasteiger partial charge is 0.332 e. The number of halogens is 2. The molecule has 0 bridgehead atoms. The van der Waals surface area contributed by atoms with Crippen LogP contribution in [0.15, 0.2) is 27.2 Å². The number of nitrogens with zero attached hydrogens (tertiary/aromatic N) is 1. The molecule has 3 N–H and O–H groups in total. The Balaban J connectivity index is 2.69. The number of carbonyl (C=O) groups is 1. The number of carboxylic acid groups (broad SMARTS) is 1. The van der Waals surface area contributed by atoms with Gasteiger partial charge < -0.3 is 10.8 Å². The average Bonchev–Trinajstić information content (AvgIpc) is 2.36. The van der Waals surface area contributed by atoms with E-state index < -0.39 is 5.97 Å². The number of aliphatic imine (C=N–C) groups is 1. The summed E-state index contributed by atoms with van der Waals surface area (Å²) < 4.78 is 1.83. The van der Waals surface area contributed by atoms with Gasteiger partial charge in [-0.05, 0) is 40.8 Å². The van der Waals surface area contributed by atoms with Crippen LogP contribution in [0.1, 0.15) is 12.0 Å². The van der Waals surface area contributed by atoms with Crippen molar-refractivity contribution in [1.29, 1.82) is 0 Å².